The van der Waals surface area contributed by atoms with Crippen molar-refractivity contribution in [1.82, 2.24) is 0 Å². The van der Waals surface area contributed by atoms with Crippen LogP contribution in [-0.2, 0) is 19.1 Å². The highest BCUT2D eigenvalue weighted by atomic mass is 16.7. The molecule has 2 N–H and O–H groups in total. The van der Waals surface area contributed by atoms with Gasteiger partial charge in [0.1, 0.15) is 6.56 Å². The molecule has 0 aromatic carbocycles. The molecule has 6 heteroatoms. The number of Topliss-reactive ketones (excluding diaryl/α,β-unsaturated/α-hetero) is 1. The van der Waals surface area contributed by atoms with Crippen LogP contribution in [0.15, 0.2) is 23.7 Å². The molecule has 3 saturated carbocycles. The molecule has 1 saturated heterocycles. The number of rotatable bonds is 4. The van der Waals surface area contributed by atoms with Crippen LogP contribution in [0.4, 0.5) is 0 Å². The van der Waals surface area contributed by atoms with E-state index in [-0.39, 0.29) is 24.8 Å². The number of fused-ring (bicyclic) bond motifs is 7. The van der Waals surface area contributed by atoms with Gasteiger partial charge in [-0.05, 0) is 56.0 Å². The average molecular weight is 438 g/mol. The molecule has 4 fully saturated rings. The number of carbonyl (C=O) groups excluding carboxylic acids is 2. The molecule has 5 rings (SSSR count). The number of allylic oxidation sites excluding steroid dienone is 4. The molecule has 4 aliphatic carbocycles. The molecule has 0 aromatic rings. The van der Waals surface area contributed by atoms with Gasteiger partial charge in [-0.15, -0.1) is 0 Å². The molecule has 170 valence electrons. The van der Waals surface area contributed by atoms with E-state index in [1.54, 1.807) is 6.92 Å². The van der Waals surface area contributed by atoms with Gasteiger partial charge in [0.05, 0.1) is 19.1 Å². The van der Waals surface area contributed by atoms with E-state index < -0.39 is 95.3 Å². The van der Waals surface area contributed by atoms with Crippen molar-refractivity contribution in [3.63, 3.8) is 0 Å². The maximum absolute atomic E-state index is 13.6. The third-order valence-corrected chi connectivity index (χ3v) is 8.59. The van der Waals surface area contributed by atoms with E-state index in [0.29, 0.717) is 12.8 Å². The second-order valence-electron chi connectivity index (χ2n) is 10.0. The fourth-order valence-corrected chi connectivity index (χ4v) is 7.34. The minimum atomic E-state index is -3.24. The zero-order chi connectivity index (χ0) is 28.4. The highest BCUT2D eigenvalue weighted by Crippen LogP contribution is 2.69. The molecule has 0 aromatic heterocycles. The van der Waals surface area contributed by atoms with E-state index in [1.807, 2.05) is 6.92 Å². The quantitative estimate of drug-likeness (QED) is 0.703. The molecular weight excluding hydrogens is 396 g/mol. The van der Waals surface area contributed by atoms with Crippen LogP contribution in [0.25, 0.3) is 0 Å². The van der Waals surface area contributed by atoms with Crippen LogP contribution in [-0.4, -0.2) is 52.4 Å². The maximum Gasteiger partial charge on any atom is 0.193 e. The molecule has 0 spiro atoms. The first-order valence-electron chi connectivity index (χ1n) is 14.6. The molecule has 1 heterocycles. The van der Waals surface area contributed by atoms with Crippen LogP contribution < -0.4 is 0 Å². The van der Waals surface area contributed by atoms with Crippen molar-refractivity contribution in [3.05, 3.63) is 23.7 Å². The van der Waals surface area contributed by atoms with Gasteiger partial charge in [0, 0.05) is 19.5 Å². The lowest BCUT2D eigenvalue weighted by molar-refractivity contribution is -0.200. The second-order valence-corrected chi connectivity index (χ2v) is 10.0. The zero-order valence-corrected chi connectivity index (χ0v) is 18.0. The van der Waals surface area contributed by atoms with Gasteiger partial charge in [0.15, 0.2) is 23.5 Å². The molecule has 0 bridgehead atoms. The lowest BCUT2D eigenvalue weighted by atomic mass is 9.46. The van der Waals surface area contributed by atoms with Gasteiger partial charge < -0.3 is 19.7 Å². The van der Waals surface area contributed by atoms with Crippen molar-refractivity contribution < 1.29 is 38.9 Å². The zero-order valence-electron chi connectivity index (χ0n) is 25.0. The highest BCUT2D eigenvalue weighted by molar-refractivity contribution is 6.01. The van der Waals surface area contributed by atoms with E-state index in [0.717, 1.165) is 0 Å². The van der Waals surface area contributed by atoms with Crippen LogP contribution >= 0.6 is 0 Å². The Morgan fingerprint density at radius 1 is 1.45 bits per heavy atom. The number of hydrogen-bond acceptors (Lipinski definition) is 6. The number of aliphatic hydroxyl groups excluding tert-OH is 1. The molecule has 9 atom stereocenters. The maximum atomic E-state index is 13.6. The summed E-state index contributed by atoms with van der Waals surface area (Å²) < 4.78 is 71.1. The van der Waals surface area contributed by atoms with Crippen molar-refractivity contribution in [2.75, 3.05) is 6.56 Å². The van der Waals surface area contributed by atoms with Crippen molar-refractivity contribution >= 4 is 11.6 Å². The van der Waals surface area contributed by atoms with Gasteiger partial charge in [-0.3, -0.25) is 9.59 Å². The molecule has 6 nitrogen and oxygen atoms in total. The van der Waals surface area contributed by atoms with E-state index in [4.69, 9.17) is 19.1 Å². The Bertz CT molecular complexity index is 1160. The Morgan fingerprint density at radius 2 is 2.23 bits per heavy atom. The summed E-state index contributed by atoms with van der Waals surface area (Å²) in [6.45, 7) is 1.86. The first-order valence-corrected chi connectivity index (χ1v) is 11.1. The topological polar surface area (TPSA) is 93.1 Å². The largest absolute Gasteiger partial charge is 0.393 e. The first kappa shape index (κ1) is 14.7. The Morgan fingerprint density at radius 3 is 2.94 bits per heavy atom. The predicted octanol–water partition coefficient (Wildman–Crippen LogP) is 2.72. The molecular formula is C25H34O6. The second kappa shape index (κ2) is 7.08. The van der Waals surface area contributed by atoms with Gasteiger partial charge in [-0.2, -0.15) is 0 Å². The number of aliphatic hydroxyl groups is 2. The molecule has 0 radical (unpaired) electrons. The van der Waals surface area contributed by atoms with Gasteiger partial charge in [-0.1, -0.05) is 38.8 Å². The SMILES string of the molecule is [2H]C1=C([2H])[C@@]2(C)C(=C([2H])C1=O)C([2H])([2H])C[C@@H]1[C@@H]2[C@@H](O)C[C@@]2(C)[C@H]1C[C@H]1OC(CCC)O[C@]12C(=O)C([2H])([2H])O. The van der Waals surface area contributed by atoms with E-state index >= 15 is 0 Å². The fraction of sp³-hybridized carbons (Fsp3) is 0.760. The average Bonchev–Trinajstić information content (AvgIpc) is 3.26. The normalized spacial score (nSPS) is 56.7. The molecule has 1 unspecified atom stereocenters. The van der Waals surface area contributed by atoms with Crippen LogP contribution in [0.5, 0.6) is 0 Å². The van der Waals surface area contributed by atoms with Gasteiger partial charge in [0.25, 0.3) is 0 Å². The summed E-state index contributed by atoms with van der Waals surface area (Å²) in [7, 11) is 0. The molecule has 31 heavy (non-hydrogen) atoms. The summed E-state index contributed by atoms with van der Waals surface area (Å²) in [6.07, 6.45) is -4.28. The van der Waals surface area contributed by atoms with E-state index in [1.165, 1.54) is 6.92 Å². The molecule has 5 aliphatic rings. The number of carbonyl (C=O) groups is 2. The fourth-order valence-electron chi connectivity index (χ4n) is 7.34. The number of ketones is 2. The number of hydrogen-bond donors (Lipinski definition) is 2. The van der Waals surface area contributed by atoms with Crippen LogP contribution in [0, 0.1) is 28.6 Å². The van der Waals surface area contributed by atoms with E-state index in [9.17, 15) is 19.8 Å². The summed E-state index contributed by atoms with van der Waals surface area (Å²) in [5.41, 5.74) is -4.99. The minimum absolute atomic E-state index is 0.104. The Hall–Kier alpha value is -1.34. The summed E-state index contributed by atoms with van der Waals surface area (Å²) >= 11 is 0. The lowest BCUT2D eigenvalue weighted by Crippen LogP contribution is -2.63. The third kappa shape index (κ3) is 2.65. The summed E-state index contributed by atoms with van der Waals surface area (Å²) in [6, 6.07) is -1.80. The smallest absolute Gasteiger partial charge is 0.193 e. The van der Waals surface area contributed by atoms with Gasteiger partial charge >= 0.3 is 0 Å². The Labute approximate surface area is 193 Å². The third-order valence-electron chi connectivity index (χ3n) is 8.59. The molecule has 0 amide bonds. The Kier molecular flexibility index (Phi) is 3.36. The minimum Gasteiger partial charge on any atom is -0.393 e. The van der Waals surface area contributed by atoms with Crippen LogP contribution in [0.3, 0.4) is 0 Å². The standard InChI is InChI=1S/C25H34O6/c1-4-5-21-30-20-11-17-16-7-6-14-10-15(27)8-9-23(14,2)22(16)18(28)12-24(17,3)25(20,31-21)19(29)13-26/h8-10,16-18,20-22,26,28H,4-7,11-13H2,1-3H3/t16-,17-,18-,20+,21?,22+,23-,24-,25+/m0/s1/i6D2,8D,9D,10D,13D2. The van der Waals surface area contributed by atoms with Crippen molar-refractivity contribution in [2.45, 2.75) is 83.3 Å². The predicted molar refractivity (Wildman–Crippen MR) is 113 cm³/mol. The molecule has 1 aliphatic heterocycles. The Balaban J connectivity index is 1.68. The van der Waals surface area contributed by atoms with Gasteiger partial charge in [-0.25, -0.2) is 0 Å². The summed E-state index contributed by atoms with van der Waals surface area (Å²) in [4.78, 5) is 26.2. The lowest BCUT2D eigenvalue weighted by Gasteiger charge is -2.59. The monoisotopic (exact) mass is 437 g/mol. The van der Waals surface area contributed by atoms with Gasteiger partial charge in [0.2, 0.25) is 0 Å². The van der Waals surface area contributed by atoms with Crippen LogP contribution in [0.1, 0.15) is 68.8 Å². The first-order chi connectivity index (χ1) is 17.4. The summed E-state index contributed by atoms with van der Waals surface area (Å²) in [5.74, 6) is -4.28. The van der Waals surface area contributed by atoms with Crippen molar-refractivity contribution in [2.24, 2.45) is 28.6 Å². The highest BCUT2D eigenvalue weighted by Gasteiger charge is 2.75. The van der Waals surface area contributed by atoms with E-state index in [2.05, 4.69) is 0 Å². The van der Waals surface area contributed by atoms with Crippen molar-refractivity contribution in [3.8, 4) is 0 Å². The van der Waals surface area contributed by atoms with Crippen molar-refractivity contribution in [1.29, 1.82) is 0 Å². The van der Waals surface area contributed by atoms with Crippen LogP contribution in [0.2, 0.25) is 0 Å². The summed E-state index contributed by atoms with van der Waals surface area (Å²) in [5, 5.41) is 21.9. The number of ether oxygens (including phenoxy) is 2.